The van der Waals surface area contributed by atoms with Gasteiger partial charge in [-0.15, -0.1) is 0 Å². The van der Waals surface area contributed by atoms with E-state index in [4.69, 9.17) is 4.74 Å². The molecule has 0 unspecified atom stereocenters. The quantitative estimate of drug-likeness (QED) is 0.755. The molecule has 2 aromatic carbocycles. The third kappa shape index (κ3) is 4.06. The highest BCUT2D eigenvalue weighted by atomic mass is 16.5. The van der Waals surface area contributed by atoms with E-state index in [1.165, 1.54) is 10.8 Å². The number of hydrogen-bond donors (Lipinski definition) is 1. The molecule has 1 N–H and O–H groups in total. The third-order valence-electron chi connectivity index (χ3n) is 4.97. The molecule has 1 aromatic heterocycles. The number of hydrogen-bond acceptors (Lipinski definition) is 4. The van der Waals surface area contributed by atoms with Gasteiger partial charge in [0, 0.05) is 31.3 Å². The van der Waals surface area contributed by atoms with Gasteiger partial charge in [0.05, 0.1) is 6.54 Å². The molecule has 1 atom stereocenters. The van der Waals surface area contributed by atoms with Crippen LogP contribution in [0.15, 0.2) is 48.5 Å². The van der Waals surface area contributed by atoms with Gasteiger partial charge in [-0.3, -0.25) is 0 Å². The molecule has 1 saturated heterocycles. The number of rotatable bonds is 4. The lowest BCUT2D eigenvalue weighted by atomic mass is 10.0. The number of likely N-dealkylation sites (tertiary alicyclic amines) is 1. The number of amides is 2. The molecule has 0 radical (unpaired) electrons. The van der Waals surface area contributed by atoms with E-state index in [0.29, 0.717) is 31.3 Å². The second kappa shape index (κ2) is 7.84. The van der Waals surface area contributed by atoms with Crippen LogP contribution in [0.3, 0.4) is 0 Å². The fourth-order valence-electron chi connectivity index (χ4n) is 3.65. The Labute approximate surface area is 164 Å². The number of urea groups is 1. The highest BCUT2D eigenvalue weighted by Gasteiger charge is 2.28. The molecule has 0 saturated carbocycles. The first-order valence-electron chi connectivity index (χ1n) is 9.57. The summed E-state index contributed by atoms with van der Waals surface area (Å²) < 4.78 is 5.97. The van der Waals surface area contributed by atoms with Crippen molar-refractivity contribution in [1.29, 1.82) is 0 Å². The monoisotopic (exact) mass is 376 g/mol. The van der Waals surface area contributed by atoms with Crippen LogP contribution in [-0.2, 0) is 6.54 Å². The normalized spacial score (nSPS) is 16.4. The van der Waals surface area contributed by atoms with Crippen LogP contribution in [0.5, 0.6) is 5.88 Å². The van der Waals surface area contributed by atoms with E-state index < -0.39 is 0 Å². The summed E-state index contributed by atoms with van der Waals surface area (Å²) in [6.07, 6.45) is 0.751. The van der Waals surface area contributed by atoms with Crippen molar-refractivity contribution in [3.63, 3.8) is 0 Å². The highest BCUT2D eigenvalue weighted by Crippen LogP contribution is 2.20. The van der Waals surface area contributed by atoms with Gasteiger partial charge < -0.3 is 15.0 Å². The maximum Gasteiger partial charge on any atom is 0.317 e. The number of nitrogens with zero attached hydrogens (tertiary/aromatic N) is 3. The Bertz CT molecular complexity index is 979. The molecule has 144 valence electrons. The molecule has 2 amide bonds. The standard InChI is InChI=1S/C22H24N4O2/c1-15-12-21(25-16(2)24-15)28-19-10-11-26(14-19)22(27)23-13-18-8-5-7-17-6-3-4-9-20(17)18/h3-9,12,19H,10-11,13-14H2,1-2H3,(H,23,27)/t19-/m0/s1. The Balaban J connectivity index is 1.34. The van der Waals surface area contributed by atoms with Crippen molar-refractivity contribution in [3.8, 4) is 5.88 Å². The Morgan fingerprint density at radius 1 is 1.18 bits per heavy atom. The predicted octanol–water partition coefficient (Wildman–Crippen LogP) is 3.61. The molecule has 0 bridgehead atoms. The van der Waals surface area contributed by atoms with E-state index >= 15 is 0 Å². The van der Waals surface area contributed by atoms with Gasteiger partial charge in [-0.2, -0.15) is 4.98 Å². The van der Waals surface area contributed by atoms with Crippen LogP contribution in [-0.4, -0.2) is 40.1 Å². The van der Waals surface area contributed by atoms with Crippen LogP contribution in [0.25, 0.3) is 10.8 Å². The van der Waals surface area contributed by atoms with E-state index in [0.717, 1.165) is 17.7 Å². The minimum Gasteiger partial charge on any atom is -0.472 e. The average molecular weight is 376 g/mol. The third-order valence-corrected chi connectivity index (χ3v) is 4.97. The molecule has 6 nitrogen and oxygen atoms in total. The van der Waals surface area contributed by atoms with Crippen LogP contribution >= 0.6 is 0 Å². The fraction of sp³-hybridized carbons (Fsp3) is 0.318. The van der Waals surface area contributed by atoms with Crippen LogP contribution in [0.4, 0.5) is 4.79 Å². The second-order valence-electron chi connectivity index (χ2n) is 7.17. The summed E-state index contributed by atoms with van der Waals surface area (Å²) in [4.78, 5) is 23.0. The maximum atomic E-state index is 12.6. The van der Waals surface area contributed by atoms with E-state index in [1.54, 1.807) is 4.90 Å². The molecule has 1 aliphatic heterocycles. The molecule has 6 heteroatoms. The van der Waals surface area contributed by atoms with Crippen LogP contribution in [0, 0.1) is 13.8 Å². The van der Waals surface area contributed by atoms with Gasteiger partial charge in [0.15, 0.2) is 0 Å². The van der Waals surface area contributed by atoms with Crippen molar-refractivity contribution in [3.05, 3.63) is 65.6 Å². The Kier molecular flexibility index (Phi) is 5.10. The first-order chi connectivity index (χ1) is 13.6. The molecule has 4 rings (SSSR count). The first kappa shape index (κ1) is 18.2. The van der Waals surface area contributed by atoms with E-state index in [1.807, 2.05) is 38.1 Å². The Hall–Kier alpha value is -3.15. The van der Waals surface area contributed by atoms with Crippen molar-refractivity contribution in [2.45, 2.75) is 32.9 Å². The largest absolute Gasteiger partial charge is 0.472 e. The van der Waals surface area contributed by atoms with E-state index in [-0.39, 0.29) is 12.1 Å². The van der Waals surface area contributed by atoms with Gasteiger partial charge in [0.25, 0.3) is 0 Å². The van der Waals surface area contributed by atoms with Crippen molar-refractivity contribution >= 4 is 16.8 Å². The maximum absolute atomic E-state index is 12.6. The number of nitrogens with one attached hydrogen (secondary N) is 1. The molecule has 1 aliphatic rings. The molecule has 3 aromatic rings. The van der Waals surface area contributed by atoms with Gasteiger partial charge in [-0.1, -0.05) is 42.5 Å². The summed E-state index contributed by atoms with van der Waals surface area (Å²) in [6.45, 7) is 5.51. The fourth-order valence-corrected chi connectivity index (χ4v) is 3.65. The second-order valence-corrected chi connectivity index (χ2v) is 7.17. The average Bonchev–Trinajstić information content (AvgIpc) is 3.14. The summed E-state index contributed by atoms with van der Waals surface area (Å²) in [6, 6.07) is 16.1. The summed E-state index contributed by atoms with van der Waals surface area (Å²) in [5, 5.41) is 5.39. The summed E-state index contributed by atoms with van der Waals surface area (Å²) in [7, 11) is 0. The minimum atomic E-state index is -0.0610. The Morgan fingerprint density at radius 3 is 2.86 bits per heavy atom. The number of aromatic nitrogens is 2. The van der Waals surface area contributed by atoms with Crippen LogP contribution < -0.4 is 10.1 Å². The molecule has 28 heavy (non-hydrogen) atoms. The lowest BCUT2D eigenvalue weighted by Crippen LogP contribution is -2.39. The minimum absolute atomic E-state index is 0.0444. The Morgan fingerprint density at radius 2 is 2.00 bits per heavy atom. The summed E-state index contributed by atoms with van der Waals surface area (Å²) in [5.74, 6) is 1.27. The number of ether oxygens (including phenoxy) is 1. The van der Waals surface area contributed by atoms with Gasteiger partial charge in [-0.05, 0) is 30.2 Å². The van der Waals surface area contributed by atoms with Crippen molar-refractivity contribution in [2.24, 2.45) is 0 Å². The zero-order valence-corrected chi connectivity index (χ0v) is 16.2. The van der Waals surface area contributed by atoms with Gasteiger partial charge >= 0.3 is 6.03 Å². The number of fused-ring (bicyclic) bond motifs is 1. The van der Waals surface area contributed by atoms with Gasteiger partial charge in [-0.25, -0.2) is 9.78 Å². The molecule has 0 spiro atoms. The predicted molar refractivity (Wildman–Crippen MR) is 108 cm³/mol. The van der Waals surface area contributed by atoms with Gasteiger partial charge in [0.2, 0.25) is 5.88 Å². The number of aryl methyl sites for hydroxylation is 2. The summed E-state index contributed by atoms with van der Waals surface area (Å²) >= 11 is 0. The van der Waals surface area contributed by atoms with Crippen molar-refractivity contribution in [1.82, 2.24) is 20.2 Å². The van der Waals surface area contributed by atoms with E-state index in [9.17, 15) is 4.79 Å². The molecular formula is C22H24N4O2. The van der Waals surface area contributed by atoms with Gasteiger partial charge in [0.1, 0.15) is 11.9 Å². The molecule has 0 aliphatic carbocycles. The number of carbonyl (C=O) groups excluding carboxylic acids is 1. The van der Waals surface area contributed by atoms with E-state index in [2.05, 4.69) is 39.6 Å². The lowest BCUT2D eigenvalue weighted by molar-refractivity contribution is 0.182. The number of carbonyl (C=O) groups is 1. The molecule has 2 heterocycles. The summed E-state index contributed by atoms with van der Waals surface area (Å²) in [5.41, 5.74) is 2.00. The smallest absolute Gasteiger partial charge is 0.317 e. The SMILES string of the molecule is Cc1cc(O[C@H]2CCN(C(=O)NCc3cccc4ccccc34)C2)nc(C)n1. The van der Waals surface area contributed by atoms with Crippen LogP contribution in [0.2, 0.25) is 0 Å². The molecule has 1 fully saturated rings. The topological polar surface area (TPSA) is 67.3 Å². The zero-order valence-electron chi connectivity index (χ0n) is 16.2. The number of benzene rings is 2. The molecular weight excluding hydrogens is 352 g/mol. The zero-order chi connectivity index (χ0) is 19.5. The van der Waals surface area contributed by atoms with Crippen molar-refractivity contribution in [2.75, 3.05) is 13.1 Å². The highest BCUT2D eigenvalue weighted by molar-refractivity contribution is 5.86. The van der Waals surface area contributed by atoms with Crippen molar-refractivity contribution < 1.29 is 9.53 Å². The van der Waals surface area contributed by atoms with Crippen LogP contribution in [0.1, 0.15) is 23.5 Å². The lowest BCUT2D eigenvalue weighted by Gasteiger charge is -2.18. The first-order valence-corrected chi connectivity index (χ1v) is 9.57.